The van der Waals surface area contributed by atoms with Crippen LogP contribution in [0.3, 0.4) is 0 Å². The summed E-state index contributed by atoms with van der Waals surface area (Å²) in [5, 5.41) is 12.8. The van der Waals surface area contributed by atoms with Crippen molar-refractivity contribution in [2.45, 2.75) is 31.8 Å². The number of rotatable bonds is 4. The fourth-order valence-electron chi connectivity index (χ4n) is 3.07. The Morgan fingerprint density at radius 3 is 2.50 bits per heavy atom. The van der Waals surface area contributed by atoms with Gasteiger partial charge in [0.2, 0.25) is 0 Å². The van der Waals surface area contributed by atoms with E-state index < -0.39 is 0 Å². The second-order valence-corrected chi connectivity index (χ2v) is 5.81. The van der Waals surface area contributed by atoms with Gasteiger partial charge >= 0.3 is 0 Å². The van der Waals surface area contributed by atoms with E-state index in [4.69, 9.17) is 0 Å². The third kappa shape index (κ3) is 3.20. The third-order valence-corrected chi connectivity index (χ3v) is 4.33. The van der Waals surface area contributed by atoms with Crippen molar-refractivity contribution < 1.29 is 5.11 Å². The van der Waals surface area contributed by atoms with E-state index >= 15 is 0 Å². The molecule has 1 saturated heterocycles. The summed E-state index contributed by atoms with van der Waals surface area (Å²) in [6.45, 7) is 3.41. The molecule has 2 aromatic carbocycles. The van der Waals surface area contributed by atoms with Gasteiger partial charge in [-0.15, -0.1) is 0 Å². The van der Waals surface area contributed by atoms with E-state index in [2.05, 4.69) is 41.3 Å². The summed E-state index contributed by atoms with van der Waals surface area (Å²) in [6.07, 6.45) is 4.47. The second kappa shape index (κ2) is 6.38. The Bertz CT molecular complexity index is 560. The lowest BCUT2D eigenvalue weighted by molar-refractivity contribution is 0.134. The van der Waals surface area contributed by atoms with Gasteiger partial charge in [0.05, 0.1) is 6.10 Å². The molecule has 1 N–H and O–H groups in total. The number of nitrogens with zero attached hydrogens (tertiary/aromatic N) is 1. The number of piperidine rings is 1. The van der Waals surface area contributed by atoms with Crippen LogP contribution < -0.4 is 0 Å². The van der Waals surface area contributed by atoms with Crippen molar-refractivity contribution in [3.63, 3.8) is 0 Å². The van der Waals surface area contributed by atoms with E-state index in [1.807, 2.05) is 6.07 Å². The van der Waals surface area contributed by atoms with Crippen molar-refractivity contribution in [1.29, 1.82) is 0 Å². The molecular formula is C18H23NO. The van der Waals surface area contributed by atoms with Gasteiger partial charge in [0, 0.05) is 6.54 Å². The average Bonchev–Trinajstić information content (AvgIpc) is 2.53. The molecule has 1 fully saturated rings. The van der Waals surface area contributed by atoms with Crippen LogP contribution in [0.2, 0.25) is 0 Å². The summed E-state index contributed by atoms with van der Waals surface area (Å²) in [6, 6.07) is 14.6. The van der Waals surface area contributed by atoms with Crippen LogP contribution in [0.4, 0.5) is 0 Å². The highest BCUT2D eigenvalue weighted by molar-refractivity contribution is 5.83. The number of likely N-dealkylation sites (tertiary alicyclic amines) is 1. The summed E-state index contributed by atoms with van der Waals surface area (Å²) in [7, 11) is 0. The normalized spacial score (nSPS) is 18.2. The topological polar surface area (TPSA) is 23.5 Å². The zero-order valence-corrected chi connectivity index (χ0v) is 12.0. The minimum atomic E-state index is -0.346. The lowest BCUT2D eigenvalue weighted by atomic mass is 10.0. The van der Waals surface area contributed by atoms with Crippen molar-refractivity contribution in [2.24, 2.45) is 0 Å². The molecule has 3 rings (SSSR count). The van der Waals surface area contributed by atoms with Gasteiger partial charge in [-0.05, 0) is 54.8 Å². The number of benzene rings is 2. The molecule has 0 bridgehead atoms. The van der Waals surface area contributed by atoms with Gasteiger partial charge in [0.1, 0.15) is 0 Å². The van der Waals surface area contributed by atoms with Gasteiger partial charge in [-0.25, -0.2) is 0 Å². The van der Waals surface area contributed by atoms with Gasteiger partial charge in [0.15, 0.2) is 0 Å². The van der Waals surface area contributed by atoms with Gasteiger partial charge in [-0.1, -0.05) is 42.8 Å². The third-order valence-electron chi connectivity index (χ3n) is 4.33. The molecule has 0 radical (unpaired) electrons. The van der Waals surface area contributed by atoms with Crippen LogP contribution in [0.1, 0.15) is 37.4 Å². The van der Waals surface area contributed by atoms with Crippen LogP contribution in [0.25, 0.3) is 10.8 Å². The average molecular weight is 269 g/mol. The van der Waals surface area contributed by atoms with Gasteiger partial charge in [0.25, 0.3) is 0 Å². The predicted molar refractivity (Wildman–Crippen MR) is 83.8 cm³/mol. The predicted octanol–water partition coefficient (Wildman–Crippen LogP) is 3.75. The van der Waals surface area contributed by atoms with Crippen LogP contribution in [0, 0.1) is 0 Å². The van der Waals surface area contributed by atoms with Crippen molar-refractivity contribution in [1.82, 2.24) is 4.90 Å². The first kappa shape index (κ1) is 13.6. The summed E-state index contributed by atoms with van der Waals surface area (Å²) >= 11 is 0. The zero-order chi connectivity index (χ0) is 13.8. The first-order chi connectivity index (χ1) is 9.83. The fraction of sp³-hybridized carbons (Fsp3) is 0.444. The second-order valence-electron chi connectivity index (χ2n) is 5.81. The van der Waals surface area contributed by atoms with Crippen molar-refractivity contribution >= 4 is 10.8 Å². The Labute approximate surface area is 121 Å². The van der Waals surface area contributed by atoms with Crippen LogP contribution in [-0.4, -0.2) is 29.6 Å². The van der Waals surface area contributed by atoms with Crippen LogP contribution in [0.15, 0.2) is 42.5 Å². The molecular weight excluding hydrogens is 246 g/mol. The van der Waals surface area contributed by atoms with E-state index in [1.165, 1.54) is 43.1 Å². The Morgan fingerprint density at radius 1 is 0.950 bits per heavy atom. The van der Waals surface area contributed by atoms with E-state index in [0.717, 1.165) is 18.5 Å². The molecule has 2 nitrogen and oxygen atoms in total. The summed E-state index contributed by atoms with van der Waals surface area (Å²) in [4.78, 5) is 2.48. The molecule has 1 unspecified atom stereocenters. The lowest BCUT2D eigenvalue weighted by Gasteiger charge is -2.27. The van der Waals surface area contributed by atoms with Crippen molar-refractivity contribution in [3.8, 4) is 0 Å². The molecule has 0 saturated carbocycles. The molecule has 20 heavy (non-hydrogen) atoms. The van der Waals surface area contributed by atoms with E-state index in [-0.39, 0.29) is 6.10 Å². The Balaban J connectivity index is 1.64. The van der Waals surface area contributed by atoms with E-state index in [1.54, 1.807) is 0 Å². The highest BCUT2D eigenvalue weighted by atomic mass is 16.3. The minimum absolute atomic E-state index is 0.346. The van der Waals surface area contributed by atoms with Gasteiger partial charge in [-0.2, -0.15) is 0 Å². The maximum Gasteiger partial charge on any atom is 0.0802 e. The molecule has 0 spiro atoms. The van der Waals surface area contributed by atoms with Gasteiger partial charge < -0.3 is 10.0 Å². The molecule has 1 heterocycles. The van der Waals surface area contributed by atoms with E-state index in [9.17, 15) is 5.11 Å². The van der Waals surface area contributed by atoms with Crippen molar-refractivity contribution in [3.05, 3.63) is 48.0 Å². The van der Waals surface area contributed by atoms with Crippen LogP contribution in [-0.2, 0) is 0 Å². The zero-order valence-electron chi connectivity index (χ0n) is 12.0. The smallest absolute Gasteiger partial charge is 0.0802 e. The Morgan fingerprint density at radius 2 is 1.70 bits per heavy atom. The molecule has 2 heteroatoms. The molecule has 106 valence electrons. The molecule has 2 aromatic rings. The largest absolute Gasteiger partial charge is 0.388 e. The summed E-state index contributed by atoms with van der Waals surface area (Å²) in [5.41, 5.74) is 1.04. The fourth-order valence-corrected chi connectivity index (χ4v) is 3.07. The molecule has 0 aromatic heterocycles. The summed E-state index contributed by atoms with van der Waals surface area (Å²) < 4.78 is 0. The molecule has 1 aliphatic heterocycles. The highest BCUT2D eigenvalue weighted by Gasteiger charge is 2.13. The molecule has 0 amide bonds. The standard InChI is InChI=1S/C18H23NO/c20-18(10-13-19-11-4-1-5-12-19)17-9-8-15-6-2-3-7-16(15)14-17/h2-3,6-9,14,18,20H,1,4-5,10-13H2. The van der Waals surface area contributed by atoms with Crippen LogP contribution >= 0.6 is 0 Å². The quantitative estimate of drug-likeness (QED) is 0.913. The number of hydrogen-bond acceptors (Lipinski definition) is 2. The van der Waals surface area contributed by atoms with Crippen molar-refractivity contribution in [2.75, 3.05) is 19.6 Å². The number of hydrogen-bond donors (Lipinski definition) is 1. The summed E-state index contributed by atoms with van der Waals surface area (Å²) in [5.74, 6) is 0. The highest BCUT2D eigenvalue weighted by Crippen LogP contribution is 2.23. The Kier molecular flexibility index (Phi) is 4.34. The molecule has 1 atom stereocenters. The number of fused-ring (bicyclic) bond motifs is 1. The monoisotopic (exact) mass is 269 g/mol. The maximum absolute atomic E-state index is 10.4. The first-order valence-electron chi connectivity index (χ1n) is 7.72. The molecule has 1 aliphatic rings. The molecule has 0 aliphatic carbocycles. The lowest BCUT2D eigenvalue weighted by Crippen LogP contribution is -2.31. The number of aliphatic hydroxyl groups excluding tert-OH is 1. The first-order valence-corrected chi connectivity index (χ1v) is 7.72. The number of aliphatic hydroxyl groups is 1. The minimum Gasteiger partial charge on any atom is -0.388 e. The maximum atomic E-state index is 10.4. The SMILES string of the molecule is OC(CCN1CCCCC1)c1ccc2ccccc2c1. The van der Waals surface area contributed by atoms with E-state index in [0.29, 0.717) is 0 Å². The van der Waals surface area contributed by atoms with Crippen LogP contribution in [0.5, 0.6) is 0 Å². The Hall–Kier alpha value is -1.38. The van der Waals surface area contributed by atoms with Gasteiger partial charge in [-0.3, -0.25) is 0 Å².